The summed E-state index contributed by atoms with van der Waals surface area (Å²) in [4.78, 5) is 16.2. The van der Waals surface area contributed by atoms with Crippen molar-refractivity contribution >= 4 is 23.4 Å². The van der Waals surface area contributed by atoms with Crippen LogP contribution < -0.4 is 5.32 Å². The lowest BCUT2D eigenvalue weighted by Gasteiger charge is -2.05. The maximum Gasteiger partial charge on any atom is 0.234 e. The highest BCUT2D eigenvalue weighted by Crippen LogP contribution is 2.27. The minimum atomic E-state index is -0.675. The Balaban J connectivity index is 1.49. The first-order valence-electron chi connectivity index (χ1n) is 7.89. The monoisotopic (exact) mass is 352 g/mol. The highest BCUT2D eigenvalue weighted by Gasteiger charge is 2.17. The largest absolute Gasteiger partial charge is 0.323 e. The summed E-state index contributed by atoms with van der Waals surface area (Å²) in [6.45, 7) is 0. The number of hydrogen-bond donors (Lipinski definition) is 2. The molecule has 1 fully saturated rings. The van der Waals surface area contributed by atoms with Crippen molar-refractivity contribution in [1.82, 2.24) is 15.2 Å². The molecular weight excluding hydrogens is 334 g/mol. The molecule has 2 N–H and O–H groups in total. The number of carbonyl (C=O) groups excluding carboxylic acids is 1. The number of amides is 1. The molecule has 1 aliphatic carbocycles. The minimum absolute atomic E-state index is 0.0245. The molecule has 128 valence electrons. The minimum Gasteiger partial charge on any atom is -0.323 e. The summed E-state index contributed by atoms with van der Waals surface area (Å²) in [7, 11) is 0. The fourth-order valence-corrected chi connectivity index (χ4v) is 3.45. The third-order valence-corrected chi connectivity index (χ3v) is 4.85. The van der Waals surface area contributed by atoms with Crippen LogP contribution in [0.4, 0.5) is 14.5 Å². The average Bonchev–Trinajstić information content (AvgIpc) is 3.21. The first-order chi connectivity index (χ1) is 11.6. The molecule has 0 aliphatic heterocycles. The second-order valence-corrected chi connectivity index (χ2v) is 6.82. The van der Waals surface area contributed by atoms with E-state index >= 15 is 0 Å². The number of hydrogen-bond acceptors (Lipinski definition) is 4. The van der Waals surface area contributed by atoms with Crippen molar-refractivity contribution < 1.29 is 13.6 Å². The number of nitrogens with zero attached hydrogens (tertiary/aromatic N) is 2. The number of aromatic amines is 1. The Morgan fingerprint density at radius 1 is 1.33 bits per heavy atom. The van der Waals surface area contributed by atoms with Gasteiger partial charge in [-0.15, -0.1) is 5.10 Å². The molecule has 0 unspecified atom stereocenters. The number of H-pyrrole nitrogens is 1. The number of halogens is 2. The van der Waals surface area contributed by atoms with Gasteiger partial charge >= 0.3 is 0 Å². The van der Waals surface area contributed by atoms with Crippen LogP contribution in [0.5, 0.6) is 0 Å². The fourth-order valence-electron chi connectivity index (χ4n) is 2.83. The van der Waals surface area contributed by atoms with E-state index in [-0.39, 0.29) is 11.4 Å². The molecule has 0 saturated heterocycles. The molecular formula is C16H18F2N4OS. The SMILES string of the molecule is O=C(CSc1n[nH]c(CC2CCCC2)n1)Nc1cc(F)ccc1F. The van der Waals surface area contributed by atoms with Gasteiger partial charge in [0.25, 0.3) is 0 Å². The quantitative estimate of drug-likeness (QED) is 0.780. The van der Waals surface area contributed by atoms with Gasteiger partial charge in [0.15, 0.2) is 0 Å². The van der Waals surface area contributed by atoms with Gasteiger partial charge < -0.3 is 5.32 Å². The van der Waals surface area contributed by atoms with Gasteiger partial charge in [0, 0.05) is 12.5 Å². The van der Waals surface area contributed by atoms with Crippen LogP contribution in [0.1, 0.15) is 31.5 Å². The summed E-state index contributed by atoms with van der Waals surface area (Å²) < 4.78 is 26.5. The van der Waals surface area contributed by atoms with E-state index in [2.05, 4.69) is 20.5 Å². The van der Waals surface area contributed by atoms with E-state index in [0.717, 1.165) is 42.2 Å². The maximum absolute atomic E-state index is 13.5. The number of thioether (sulfide) groups is 1. The maximum atomic E-state index is 13.5. The lowest BCUT2D eigenvalue weighted by atomic mass is 10.0. The number of carbonyl (C=O) groups is 1. The first kappa shape index (κ1) is 16.9. The van der Waals surface area contributed by atoms with Crippen molar-refractivity contribution in [3.63, 3.8) is 0 Å². The predicted molar refractivity (Wildman–Crippen MR) is 87.8 cm³/mol. The summed E-state index contributed by atoms with van der Waals surface area (Å²) in [5.41, 5.74) is -0.169. The number of rotatable bonds is 6. The molecule has 0 spiro atoms. The summed E-state index contributed by atoms with van der Waals surface area (Å²) in [5.74, 6) is -0.199. The second-order valence-electron chi connectivity index (χ2n) is 5.88. The van der Waals surface area contributed by atoms with Crippen LogP contribution >= 0.6 is 11.8 Å². The predicted octanol–water partition coefficient (Wildman–Crippen LogP) is 3.55. The van der Waals surface area contributed by atoms with Crippen molar-refractivity contribution in [1.29, 1.82) is 0 Å². The van der Waals surface area contributed by atoms with Gasteiger partial charge in [-0.3, -0.25) is 9.89 Å². The average molecular weight is 352 g/mol. The molecule has 2 aromatic rings. The van der Waals surface area contributed by atoms with Crippen molar-refractivity contribution in [2.24, 2.45) is 5.92 Å². The Morgan fingerprint density at radius 3 is 2.92 bits per heavy atom. The molecule has 1 aromatic heterocycles. The van der Waals surface area contributed by atoms with Crippen LogP contribution in [0.25, 0.3) is 0 Å². The van der Waals surface area contributed by atoms with Crippen molar-refractivity contribution in [2.75, 3.05) is 11.1 Å². The zero-order valence-corrected chi connectivity index (χ0v) is 13.8. The van der Waals surface area contributed by atoms with E-state index < -0.39 is 17.5 Å². The molecule has 1 heterocycles. The van der Waals surface area contributed by atoms with Gasteiger partial charge in [-0.25, -0.2) is 13.8 Å². The number of nitrogens with one attached hydrogen (secondary N) is 2. The Bertz CT molecular complexity index is 716. The molecule has 0 atom stereocenters. The molecule has 5 nitrogen and oxygen atoms in total. The topological polar surface area (TPSA) is 70.7 Å². The highest BCUT2D eigenvalue weighted by atomic mass is 32.2. The molecule has 1 amide bonds. The molecule has 8 heteroatoms. The van der Waals surface area contributed by atoms with Gasteiger partial charge in [-0.2, -0.15) is 0 Å². The number of benzene rings is 1. The molecule has 0 radical (unpaired) electrons. The fraction of sp³-hybridized carbons (Fsp3) is 0.438. The van der Waals surface area contributed by atoms with Crippen molar-refractivity contribution in [3.8, 4) is 0 Å². The Morgan fingerprint density at radius 2 is 2.12 bits per heavy atom. The number of aromatic nitrogens is 3. The normalized spacial score (nSPS) is 14.9. The Hall–Kier alpha value is -1.96. The zero-order valence-electron chi connectivity index (χ0n) is 13.0. The molecule has 24 heavy (non-hydrogen) atoms. The van der Waals surface area contributed by atoms with E-state index in [1.165, 1.54) is 25.7 Å². The van der Waals surface area contributed by atoms with Gasteiger partial charge in [0.05, 0.1) is 11.4 Å². The van der Waals surface area contributed by atoms with Crippen LogP contribution in [0.3, 0.4) is 0 Å². The summed E-state index contributed by atoms with van der Waals surface area (Å²) in [5, 5.41) is 9.81. The Labute approximate surface area is 142 Å². The lowest BCUT2D eigenvalue weighted by molar-refractivity contribution is -0.113. The van der Waals surface area contributed by atoms with E-state index in [1.807, 2.05) is 0 Å². The molecule has 0 bridgehead atoms. The van der Waals surface area contributed by atoms with Crippen LogP contribution in [0, 0.1) is 17.6 Å². The van der Waals surface area contributed by atoms with Crippen LogP contribution in [-0.4, -0.2) is 26.8 Å². The molecule has 3 rings (SSSR count). The summed E-state index contributed by atoms with van der Waals surface area (Å²) >= 11 is 1.15. The van der Waals surface area contributed by atoms with Crippen LogP contribution in [0.2, 0.25) is 0 Å². The van der Waals surface area contributed by atoms with Crippen LogP contribution in [-0.2, 0) is 11.2 Å². The van der Waals surface area contributed by atoms with Gasteiger partial charge in [0.1, 0.15) is 17.5 Å². The van der Waals surface area contributed by atoms with Gasteiger partial charge in [-0.05, 0) is 18.1 Å². The van der Waals surface area contributed by atoms with Gasteiger partial charge in [-0.1, -0.05) is 37.4 Å². The molecule has 1 saturated carbocycles. The smallest absolute Gasteiger partial charge is 0.234 e. The van der Waals surface area contributed by atoms with Crippen molar-refractivity contribution in [2.45, 2.75) is 37.3 Å². The third kappa shape index (κ3) is 4.53. The van der Waals surface area contributed by atoms with E-state index in [0.29, 0.717) is 11.1 Å². The zero-order chi connectivity index (χ0) is 16.9. The van der Waals surface area contributed by atoms with E-state index in [4.69, 9.17) is 0 Å². The van der Waals surface area contributed by atoms with E-state index in [1.54, 1.807) is 0 Å². The number of anilines is 1. The third-order valence-electron chi connectivity index (χ3n) is 4.00. The second kappa shape index (κ2) is 7.74. The molecule has 1 aromatic carbocycles. The lowest BCUT2D eigenvalue weighted by Crippen LogP contribution is -2.15. The highest BCUT2D eigenvalue weighted by molar-refractivity contribution is 7.99. The standard InChI is InChI=1S/C16H18F2N4OS/c17-11-5-6-12(18)13(8-11)19-15(23)9-24-16-20-14(21-22-16)7-10-3-1-2-4-10/h5-6,8,10H,1-4,7,9H2,(H,19,23)(H,20,21,22). The van der Waals surface area contributed by atoms with Gasteiger partial charge in [0.2, 0.25) is 11.1 Å². The van der Waals surface area contributed by atoms with Crippen LogP contribution in [0.15, 0.2) is 23.4 Å². The first-order valence-corrected chi connectivity index (χ1v) is 8.87. The Kier molecular flexibility index (Phi) is 5.44. The summed E-state index contributed by atoms with van der Waals surface area (Å²) in [6.07, 6.45) is 5.89. The molecule has 1 aliphatic rings. The summed E-state index contributed by atoms with van der Waals surface area (Å²) in [6, 6.07) is 2.92. The van der Waals surface area contributed by atoms with E-state index in [9.17, 15) is 13.6 Å². The van der Waals surface area contributed by atoms with Crippen molar-refractivity contribution in [3.05, 3.63) is 35.7 Å².